The predicted molar refractivity (Wildman–Crippen MR) is 413 cm³/mol. The smallest absolute Gasteiger partial charge is 0.0287 e. The summed E-state index contributed by atoms with van der Waals surface area (Å²) in [6.07, 6.45) is 74.8. The Morgan fingerprint density at radius 3 is 1.01 bits per heavy atom. The Kier molecular flexibility index (Phi) is 26.0. The van der Waals surface area contributed by atoms with E-state index >= 15 is 0 Å². The number of hydrogen-bond acceptors (Lipinski definition) is 0. The van der Waals surface area contributed by atoms with E-state index in [2.05, 4.69) is 125 Å². The van der Waals surface area contributed by atoms with Crippen molar-refractivity contribution in [2.45, 2.75) is 439 Å². The van der Waals surface area contributed by atoms with Crippen LogP contribution in [0.25, 0.3) is 0 Å². The van der Waals surface area contributed by atoms with E-state index < -0.39 is 0 Å². The largest absolute Gasteiger partial charge is 0.0649 e. The SMILES string of the molecule is CC1C2CCC(CC2)C1(C)C.CC1C2CCC(CC2)C1C.CC1CC2CCC1(C)CC2.CC1CC2CCC1CC2.CC1CCC2(CC1)CC(C)(C)CC(C)(C)C2.CC1CCC2(CC1)CCC(C)(C)CC2.CC1CCC2(CCCCC2)CC1.CCC12CC3CC(CC(C3)C1)C2. The summed E-state index contributed by atoms with van der Waals surface area (Å²) < 4.78 is 0. The van der Waals surface area contributed by atoms with Crippen molar-refractivity contribution in [1.82, 2.24) is 0 Å². The molecule has 0 aromatic carbocycles. The molecule has 12 bridgehead atoms. The van der Waals surface area contributed by atoms with E-state index in [1.165, 1.54) is 218 Å². The summed E-state index contributed by atoms with van der Waals surface area (Å²) in [6.45, 7) is 44.3. The van der Waals surface area contributed by atoms with Crippen molar-refractivity contribution in [1.29, 1.82) is 0 Å². The summed E-state index contributed by atoms with van der Waals surface area (Å²) in [5.74, 6) is 19.3. The van der Waals surface area contributed by atoms with Crippen LogP contribution in [0.15, 0.2) is 0 Å². The van der Waals surface area contributed by atoms with Gasteiger partial charge >= 0.3 is 0 Å². The molecular formula is C94H170. The number of rotatable bonds is 1. The Labute approximate surface area is 591 Å². The molecule has 22 saturated carbocycles. The Bertz CT molecular complexity index is 2110. The van der Waals surface area contributed by atoms with Crippen LogP contribution < -0.4 is 0 Å². The highest BCUT2D eigenvalue weighted by atomic mass is 14.6. The summed E-state index contributed by atoms with van der Waals surface area (Å²) >= 11 is 0. The van der Waals surface area contributed by atoms with Crippen molar-refractivity contribution in [3.63, 3.8) is 0 Å². The van der Waals surface area contributed by atoms with Crippen LogP contribution in [-0.2, 0) is 0 Å². The van der Waals surface area contributed by atoms with Crippen molar-refractivity contribution < 1.29 is 0 Å². The average molecular weight is 1300 g/mol. The van der Waals surface area contributed by atoms with Crippen molar-refractivity contribution in [3.05, 3.63) is 0 Å². The molecule has 22 aliphatic rings. The molecule has 0 nitrogen and oxygen atoms in total. The standard InChI is InChI=1S/C16H30.C14H26.C12H20.C12H22.C11H20.2C10H18.C9H16/c1-13-6-8-16(9-7-13)11-14(2,3)10-15(4,5)12-16;1-12-4-6-14(7-5-12)10-8-13(2,3)9-11-14;1-2-12-6-9-3-10(7-12)5-11(4-9)8-12;1-11-5-9-12(10-6-11)7-3-2-4-8-12;1-8-9-4-6-10(7-5-9)11(8,2)3;1-8-7-9-3-5-10(8,2)6-4-9;1-7-8(2)10-5-3-9(7)4-6-10;1-7-6-8-2-4-9(7)5-3-8/h13H,6-12H2,1-5H3;12H,4-11H2,1-3H3;9-11H,2-8H2,1H3;11H,2-10H2,1H3;8-10H,4-7H2,1-3H3;8-9H,3-7H2,1-2H3;7-10H,3-6H2,1-2H3;7-9H,2-6H2,1H3. The van der Waals surface area contributed by atoms with Gasteiger partial charge < -0.3 is 0 Å². The molecular weight excluding hydrogens is 1130 g/mol. The summed E-state index contributed by atoms with van der Waals surface area (Å²) in [5.41, 5.74) is 6.37. The van der Waals surface area contributed by atoms with Crippen LogP contribution in [0, 0.1) is 155 Å². The third-order valence-corrected chi connectivity index (χ3v) is 35.5. The van der Waals surface area contributed by atoms with Gasteiger partial charge in [-0.3, -0.25) is 0 Å². The van der Waals surface area contributed by atoms with E-state index in [1.54, 1.807) is 96.3 Å². The lowest BCUT2D eigenvalue weighted by atomic mass is 9.49. The van der Waals surface area contributed by atoms with Crippen LogP contribution in [0.3, 0.4) is 0 Å². The van der Waals surface area contributed by atoms with Gasteiger partial charge in [-0.05, 0) is 393 Å². The van der Waals surface area contributed by atoms with Gasteiger partial charge in [0.05, 0.1) is 0 Å². The highest BCUT2D eigenvalue weighted by Crippen LogP contribution is 2.63. The molecule has 0 saturated heterocycles. The van der Waals surface area contributed by atoms with Crippen LogP contribution >= 0.6 is 0 Å². The molecule has 0 aromatic heterocycles. The maximum Gasteiger partial charge on any atom is -0.0287 e. The lowest BCUT2D eigenvalue weighted by molar-refractivity contribution is -0.0545. The lowest BCUT2D eigenvalue weighted by Gasteiger charge is -2.56. The zero-order chi connectivity index (χ0) is 67.5. The molecule has 5 atom stereocenters. The van der Waals surface area contributed by atoms with Crippen molar-refractivity contribution in [2.75, 3.05) is 0 Å². The van der Waals surface area contributed by atoms with Gasteiger partial charge in [0.2, 0.25) is 0 Å². The maximum atomic E-state index is 2.49. The van der Waals surface area contributed by atoms with Crippen molar-refractivity contribution in [2.24, 2.45) is 155 Å². The minimum Gasteiger partial charge on any atom is -0.0649 e. The summed E-state index contributed by atoms with van der Waals surface area (Å²) in [7, 11) is 0. The zero-order valence-corrected chi connectivity index (χ0v) is 67.5. The monoisotopic (exact) mass is 1300 g/mol. The molecule has 0 aliphatic heterocycles. The second kappa shape index (κ2) is 31.9. The highest BCUT2D eigenvalue weighted by molar-refractivity contribution is 5.03. The van der Waals surface area contributed by atoms with Gasteiger partial charge in [0, 0.05) is 0 Å². The minimum absolute atomic E-state index is 0.572. The fourth-order valence-electron chi connectivity index (χ4n) is 28.4. The molecule has 0 aromatic rings. The molecule has 22 aliphatic carbocycles. The van der Waals surface area contributed by atoms with Gasteiger partial charge in [0.15, 0.2) is 0 Å². The molecule has 546 valence electrons. The molecule has 0 amide bonds. The molecule has 22 fully saturated rings. The van der Waals surface area contributed by atoms with E-state index in [9.17, 15) is 0 Å². The van der Waals surface area contributed by atoms with E-state index in [1.807, 2.05) is 0 Å². The molecule has 0 radical (unpaired) electrons. The van der Waals surface area contributed by atoms with Crippen LogP contribution in [-0.4, -0.2) is 0 Å². The Morgan fingerprint density at radius 2 is 0.691 bits per heavy atom. The molecule has 5 unspecified atom stereocenters. The van der Waals surface area contributed by atoms with Gasteiger partial charge in [-0.25, -0.2) is 0 Å². The molecule has 94 heavy (non-hydrogen) atoms. The van der Waals surface area contributed by atoms with E-state index in [4.69, 9.17) is 0 Å². The van der Waals surface area contributed by atoms with Crippen molar-refractivity contribution in [3.8, 4) is 0 Å². The maximum absolute atomic E-state index is 2.49. The third kappa shape index (κ3) is 19.8. The number of hydrogen-bond donors (Lipinski definition) is 0. The van der Waals surface area contributed by atoms with E-state index in [-0.39, 0.29) is 0 Å². The predicted octanol–water partition coefficient (Wildman–Crippen LogP) is 30.6. The first-order valence-corrected chi connectivity index (χ1v) is 44.3. The van der Waals surface area contributed by atoms with Gasteiger partial charge in [-0.2, -0.15) is 0 Å². The van der Waals surface area contributed by atoms with Gasteiger partial charge in [-0.15, -0.1) is 0 Å². The van der Waals surface area contributed by atoms with E-state index in [0.717, 1.165) is 128 Å². The van der Waals surface area contributed by atoms with Gasteiger partial charge in [-0.1, -0.05) is 202 Å². The van der Waals surface area contributed by atoms with Crippen LogP contribution in [0.1, 0.15) is 439 Å². The molecule has 0 heteroatoms. The fraction of sp³-hybridized carbons (Fsp3) is 1.00. The second-order valence-electron chi connectivity index (χ2n) is 44.7. The number of fused-ring (bicyclic) bond motifs is 12. The first-order valence-electron chi connectivity index (χ1n) is 44.3. The molecule has 0 heterocycles. The normalized spacial score (nSPS) is 43.1. The quantitative estimate of drug-likeness (QED) is 0.245. The van der Waals surface area contributed by atoms with Crippen LogP contribution in [0.4, 0.5) is 0 Å². The summed E-state index contributed by atoms with van der Waals surface area (Å²) in [6, 6.07) is 0. The Balaban J connectivity index is 0.000000118. The zero-order valence-electron chi connectivity index (χ0n) is 67.5. The van der Waals surface area contributed by atoms with Gasteiger partial charge in [0.1, 0.15) is 0 Å². The van der Waals surface area contributed by atoms with Crippen LogP contribution in [0.5, 0.6) is 0 Å². The molecule has 0 N–H and O–H groups in total. The van der Waals surface area contributed by atoms with Crippen molar-refractivity contribution >= 4 is 0 Å². The van der Waals surface area contributed by atoms with Gasteiger partial charge in [0.25, 0.3) is 0 Å². The molecule has 3 spiro atoms. The highest BCUT2D eigenvalue weighted by Gasteiger charge is 2.52. The Hall–Kier alpha value is 0. The van der Waals surface area contributed by atoms with E-state index in [0.29, 0.717) is 27.1 Å². The minimum atomic E-state index is 0.572. The van der Waals surface area contributed by atoms with Crippen LogP contribution in [0.2, 0.25) is 0 Å². The topological polar surface area (TPSA) is 0 Å². The Morgan fingerprint density at radius 1 is 0.298 bits per heavy atom. The second-order valence-corrected chi connectivity index (χ2v) is 44.7. The fourth-order valence-corrected chi connectivity index (χ4v) is 28.4. The summed E-state index contributed by atoms with van der Waals surface area (Å²) in [5, 5.41) is 0. The first-order chi connectivity index (χ1) is 44.3. The first kappa shape index (κ1) is 76.6. The molecule has 22 rings (SSSR count). The lowest BCUT2D eigenvalue weighted by Crippen LogP contribution is -2.45. The summed E-state index contributed by atoms with van der Waals surface area (Å²) in [4.78, 5) is 0. The third-order valence-electron chi connectivity index (χ3n) is 35.5. The average Bonchev–Trinajstić information content (AvgIpc) is 0.775.